The van der Waals surface area contributed by atoms with E-state index in [1.807, 2.05) is 0 Å². The van der Waals surface area contributed by atoms with Gasteiger partial charge in [-0.1, -0.05) is 0 Å². The second kappa shape index (κ2) is 11.3. The molecule has 2 aromatic rings. The van der Waals surface area contributed by atoms with Gasteiger partial charge in [-0.3, -0.25) is 19.2 Å². The Kier molecular flexibility index (Phi) is 7.61. The van der Waals surface area contributed by atoms with Crippen LogP contribution in [0.5, 0.6) is 23.0 Å². The van der Waals surface area contributed by atoms with Crippen LogP contribution in [0.25, 0.3) is 11.1 Å². The van der Waals surface area contributed by atoms with E-state index >= 15 is 0 Å². The molecule has 0 N–H and O–H groups in total. The summed E-state index contributed by atoms with van der Waals surface area (Å²) in [5.41, 5.74) is -3.78. The molecule has 2 saturated heterocycles. The van der Waals surface area contributed by atoms with E-state index in [0.717, 1.165) is 14.2 Å². The third-order valence-electron chi connectivity index (χ3n) is 8.81. The molecule has 2 unspecified atom stereocenters. The molecule has 0 amide bonds. The Labute approximate surface area is 262 Å². The SMILES string of the molecule is COC(=O)[C@]1(C2CCC(=O)O2)CC(=O)c2c(OC)ccc(-c3ccc(OC)c4c3O[C@](C(=O)OC)(C3CCC(=O)O3)CC4=O)c2O1. The molecule has 0 aromatic heterocycles. The molecule has 46 heavy (non-hydrogen) atoms. The molecule has 2 aromatic carbocycles. The number of methoxy groups -OCH3 is 4. The molecule has 4 atom stereocenters. The van der Waals surface area contributed by atoms with Crippen LogP contribution >= 0.6 is 0 Å². The number of hydrogen-bond acceptors (Lipinski definition) is 14. The first-order chi connectivity index (χ1) is 22.0. The number of ketones is 2. The first-order valence-electron chi connectivity index (χ1n) is 14.5. The Morgan fingerprint density at radius 1 is 0.652 bits per heavy atom. The molecule has 6 rings (SSSR count). The maximum Gasteiger partial charge on any atom is 0.354 e. The molecular formula is C32H30O14. The highest BCUT2D eigenvalue weighted by atomic mass is 16.6. The van der Waals surface area contributed by atoms with Crippen LogP contribution in [-0.2, 0) is 38.1 Å². The fourth-order valence-electron chi connectivity index (χ4n) is 6.63. The van der Waals surface area contributed by atoms with Crippen molar-refractivity contribution in [1.29, 1.82) is 0 Å². The number of esters is 4. The zero-order valence-electron chi connectivity index (χ0n) is 25.4. The lowest BCUT2D eigenvalue weighted by atomic mass is 9.81. The molecule has 4 aliphatic rings. The minimum atomic E-state index is -2.04. The van der Waals surface area contributed by atoms with E-state index in [4.69, 9.17) is 37.9 Å². The predicted molar refractivity (Wildman–Crippen MR) is 152 cm³/mol. The maximum atomic E-state index is 13.9. The van der Waals surface area contributed by atoms with E-state index in [0.29, 0.717) is 0 Å². The normalized spacial score (nSPS) is 26.5. The molecule has 0 saturated carbocycles. The number of carbonyl (C=O) groups excluding carboxylic acids is 6. The van der Waals surface area contributed by atoms with Gasteiger partial charge in [0.25, 0.3) is 0 Å². The van der Waals surface area contributed by atoms with E-state index in [1.165, 1.54) is 38.5 Å². The van der Waals surface area contributed by atoms with Crippen LogP contribution in [0.1, 0.15) is 59.2 Å². The molecule has 4 aliphatic heterocycles. The molecule has 14 heteroatoms. The second-order valence-corrected chi connectivity index (χ2v) is 11.2. The molecule has 14 nitrogen and oxygen atoms in total. The van der Waals surface area contributed by atoms with Crippen LogP contribution < -0.4 is 18.9 Å². The van der Waals surface area contributed by atoms with E-state index < -0.39 is 71.7 Å². The smallest absolute Gasteiger partial charge is 0.354 e. The zero-order chi connectivity index (χ0) is 33.0. The molecular weight excluding hydrogens is 608 g/mol. The third-order valence-corrected chi connectivity index (χ3v) is 8.81. The molecule has 0 aliphatic carbocycles. The van der Waals surface area contributed by atoms with Crippen LogP contribution in [0.15, 0.2) is 24.3 Å². The number of carbonyl (C=O) groups is 6. The highest BCUT2D eigenvalue weighted by Gasteiger charge is 2.60. The van der Waals surface area contributed by atoms with Gasteiger partial charge in [0.2, 0.25) is 11.2 Å². The van der Waals surface area contributed by atoms with Crippen LogP contribution in [0.3, 0.4) is 0 Å². The van der Waals surface area contributed by atoms with Gasteiger partial charge in [-0.15, -0.1) is 0 Å². The van der Waals surface area contributed by atoms with Gasteiger partial charge >= 0.3 is 23.9 Å². The van der Waals surface area contributed by atoms with Gasteiger partial charge in [0.15, 0.2) is 23.8 Å². The van der Waals surface area contributed by atoms with Crippen molar-refractivity contribution in [3.63, 3.8) is 0 Å². The molecule has 2 fully saturated rings. The van der Waals surface area contributed by atoms with Crippen LogP contribution in [-0.4, -0.2) is 87.3 Å². The van der Waals surface area contributed by atoms with Crippen molar-refractivity contribution < 1.29 is 66.7 Å². The van der Waals surface area contributed by atoms with E-state index in [9.17, 15) is 28.8 Å². The van der Waals surface area contributed by atoms with Crippen LogP contribution in [0.4, 0.5) is 0 Å². The minimum absolute atomic E-state index is 0.00206. The average Bonchev–Trinajstić information content (AvgIpc) is 3.71. The van der Waals surface area contributed by atoms with Crippen molar-refractivity contribution in [2.24, 2.45) is 0 Å². The summed E-state index contributed by atoms with van der Waals surface area (Å²) < 4.78 is 44.8. The van der Waals surface area contributed by atoms with Crippen molar-refractivity contribution in [3.8, 4) is 34.1 Å². The number of rotatable bonds is 7. The Morgan fingerprint density at radius 3 is 1.35 bits per heavy atom. The third kappa shape index (κ3) is 4.53. The van der Waals surface area contributed by atoms with Gasteiger partial charge in [-0.05, 0) is 37.1 Å². The number of Topliss-reactive ketones (excluding diaryl/α,β-unsaturated/α-hetero) is 2. The zero-order valence-corrected chi connectivity index (χ0v) is 25.4. The van der Waals surface area contributed by atoms with Gasteiger partial charge < -0.3 is 37.9 Å². The van der Waals surface area contributed by atoms with E-state index in [1.54, 1.807) is 0 Å². The van der Waals surface area contributed by atoms with Crippen molar-refractivity contribution >= 4 is 35.4 Å². The van der Waals surface area contributed by atoms with E-state index in [2.05, 4.69) is 0 Å². The molecule has 0 bridgehead atoms. The van der Waals surface area contributed by atoms with Crippen molar-refractivity contribution in [3.05, 3.63) is 35.4 Å². The van der Waals surface area contributed by atoms with Gasteiger partial charge in [0.1, 0.15) is 34.1 Å². The lowest BCUT2D eigenvalue weighted by molar-refractivity contribution is -0.176. The highest BCUT2D eigenvalue weighted by molar-refractivity contribution is 6.11. The Balaban J connectivity index is 1.59. The maximum absolute atomic E-state index is 13.9. The number of ether oxygens (including phenoxy) is 8. The number of cyclic esters (lactones) is 2. The van der Waals surface area contributed by atoms with E-state index in [-0.39, 0.29) is 70.9 Å². The second-order valence-electron chi connectivity index (χ2n) is 11.2. The summed E-state index contributed by atoms with van der Waals surface area (Å²) in [6.45, 7) is 0. The Hall–Kier alpha value is -5.14. The quantitative estimate of drug-likeness (QED) is 0.319. The first-order valence-corrected chi connectivity index (χ1v) is 14.5. The summed E-state index contributed by atoms with van der Waals surface area (Å²) in [7, 11) is 4.96. The summed E-state index contributed by atoms with van der Waals surface area (Å²) in [6, 6.07) is 6.06. The van der Waals surface area contributed by atoms with Crippen molar-refractivity contribution in [2.45, 2.75) is 61.9 Å². The van der Waals surface area contributed by atoms with Crippen LogP contribution in [0.2, 0.25) is 0 Å². The van der Waals surface area contributed by atoms with Gasteiger partial charge in [0, 0.05) is 24.0 Å². The Morgan fingerprint density at radius 2 is 1.04 bits per heavy atom. The number of hydrogen-bond donors (Lipinski definition) is 0. The fourth-order valence-corrected chi connectivity index (χ4v) is 6.63. The summed E-state index contributed by atoms with van der Waals surface area (Å²) in [5.74, 6) is -4.12. The van der Waals surface area contributed by atoms with Crippen molar-refractivity contribution in [1.82, 2.24) is 0 Å². The first kappa shape index (κ1) is 30.9. The number of benzene rings is 2. The largest absolute Gasteiger partial charge is 0.496 e. The molecule has 4 heterocycles. The van der Waals surface area contributed by atoms with Crippen LogP contribution in [0, 0.1) is 0 Å². The topological polar surface area (TPSA) is 176 Å². The highest BCUT2D eigenvalue weighted by Crippen LogP contribution is 2.53. The predicted octanol–water partition coefficient (Wildman–Crippen LogP) is 2.54. The summed E-state index contributed by atoms with van der Waals surface area (Å²) in [6.07, 6.45) is -3.13. The minimum Gasteiger partial charge on any atom is -0.496 e. The number of fused-ring (bicyclic) bond motifs is 2. The molecule has 242 valence electrons. The molecule has 0 spiro atoms. The standard InChI is InChI=1S/C32H30O14/c1-39-19-7-5-15(27-25(19)17(33)13-31(45-27,29(37)41-3)21-9-11-23(35)43-21)16-6-8-20(40-2)26-18(34)14-32(30(38)42-4,46-28(16)26)22-10-12-24(36)44-22/h5-8,21-22H,9-14H2,1-4H3/t21?,22?,31-,32+. The monoisotopic (exact) mass is 638 g/mol. The fraction of sp³-hybridized carbons (Fsp3) is 0.438. The average molecular weight is 639 g/mol. The summed E-state index contributed by atoms with van der Waals surface area (Å²) >= 11 is 0. The lowest BCUT2D eigenvalue weighted by Gasteiger charge is -2.40. The summed E-state index contributed by atoms with van der Waals surface area (Å²) in [4.78, 5) is 78.7. The van der Waals surface area contributed by atoms with Gasteiger partial charge in [-0.25, -0.2) is 9.59 Å². The van der Waals surface area contributed by atoms with Crippen molar-refractivity contribution in [2.75, 3.05) is 28.4 Å². The molecule has 0 radical (unpaired) electrons. The van der Waals surface area contributed by atoms with Gasteiger partial charge in [0.05, 0.1) is 41.3 Å². The Bertz CT molecular complexity index is 1570. The lowest BCUT2D eigenvalue weighted by Crippen LogP contribution is -2.58. The van der Waals surface area contributed by atoms with Gasteiger partial charge in [-0.2, -0.15) is 0 Å². The summed E-state index contributed by atoms with van der Waals surface area (Å²) in [5, 5.41) is 0.